The Hall–Kier alpha value is -2.67. The second-order valence-corrected chi connectivity index (χ2v) is 8.92. The van der Waals surface area contributed by atoms with E-state index in [1.165, 1.54) is 11.3 Å². The van der Waals surface area contributed by atoms with E-state index in [0.717, 1.165) is 29.7 Å². The molecule has 2 N–H and O–H groups in total. The van der Waals surface area contributed by atoms with E-state index in [1.54, 1.807) is 6.07 Å². The smallest absolute Gasteiger partial charge is 0.261 e. The Bertz CT molecular complexity index is 873. The summed E-state index contributed by atoms with van der Waals surface area (Å²) in [6.07, 6.45) is 2.21. The molecule has 2 heterocycles. The lowest BCUT2D eigenvalue weighted by Crippen LogP contribution is -2.49. The molecular weight excluding hydrogens is 398 g/mol. The lowest BCUT2D eigenvalue weighted by atomic mass is 9.93. The summed E-state index contributed by atoms with van der Waals surface area (Å²) in [6, 6.07) is 13.6. The predicted molar refractivity (Wildman–Crippen MR) is 119 cm³/mol. The number of thiophene rings is 1. The van der Waals surface area contributed by atoms with Gasteiger partial charge in [0.1, 0.15) is 0 Å². The highest BCUT2D eigenvalue weighted by molar-refractivity contribution is 7.13. The number of carbonyl (C=O) groups excluding carboxylic acids is 3. The van der Waals surface area contributed by atoms with Crippen molar-refractivity contribution >= 4 is 29.1 Å². The number of piperidine rings is 1. The molecule has 1 aromatic heterocycles. The molecule has 7 heteroatoms. The minimum absolute atomic E-state index is 0.0271. The van der Waals surface area contributed by atoms with Gasteiger partial charge in [-0.15, -0.1) is 11.3 Å². The van der Waals surface area contributed by atoms with E-state index in [9.17, 15) is 14.4 Å². The van der Waals surface area contributed by atoms with Crippen LogP contribution in [0, 0.1) is 6.92 Å². The number of nitrogens with zero attached hydrogens (tertiary/aromatic N) is 1. The van der Waals surface area contributed by atoms with Crippen LogP contribution in [0.5, 0.6) is 0 Å². The molecule has 6 nitrogen and oxygen atoms in total. The molecule has 1 aliphatic rings. The maximum absolute atomic E-state index is 13.0. The first kappa shape index (κ1) is 22.0. The molecule has 0 saturated carbocycles. The predicted octanol–water partition coefficient (Wildman–Crippen LogP) is 3.09. The summed E-state index contributed by atoms with van der Waals surface area (Å²) >= 11 is 1.41. The van der Waals surface area contributed by atoms with Gasteiger partial charge in [0.15, 0.2) is 0 Å². The largest absolute Gasteiger partial charge is 0.352 e. The molecule has 3 rings (SSSR count). The highest BCUT2D eigenvalue weighted by atomic mass is 32.1. The zero-order valence-electron chi connectivity index (χ0n) is 17.5. The normalized spacial score (nSPS) is 15.5. The zero-order chi connectivity index (χ0) is 21.5. The third-order valence-corrected chi connectivity index (χ3v) is 6.45. The van der Waals surface area contributed by atoms with Crippen LogP contribution in [-0.4, -0.2) is 48.3 Å². The first-order valence-corrected chi connectivity index (χ1v) is 11.3. The van der Waals surface area contributed by atoms with Crippen LogP contribution in [0.25, 0.3) is 0 Å². The van der Waals surface area contributed by atoms with Crippen LogP contribution in [0.2, 0.25) is 0 Å². The number of hydrogen-bond acceptors (Lipinski definition) is 4. The molecule has 0 spiro atoms. The molecule has 160 valence electrons. The highest BCUT2D eigenvalue weighted by Gasteiger charge is 2.28. The van der Waals surface area contributed by atoms with Crippen molar-refractivity contribution in [1.82, 2.24) is 15.5 Å². The Balaban J connectivity index is 1.43. The van der Waals surface area contributed by atoms with Gasteiger partial charge in [-0.05, 0) is 43.9 Å². The molecule has 1 aromatic carbocycles. The average Bonchev–Trinajstić information content (AvgIpc) is 3.20. The van der Waals surface area contributed by atoms with E-state index in [1.807, 2.05) is 55.1 Å². The Kier molecular flexibility index (Phi) is 7.63. The monoisotopic (exact) mass is 427 g/mol. The number of likely N-dealkylation sites (tertiary alicyclic amines) is 1. The van der Waals surface area contributed by atoms with Crippen LogP contribution in [0.3, 0.4) is 0 Å². The Labute approximate surface area is 181 Å². The van der Waals surface area contributed by atoms with Gasteiger partial charge in [-0.25, -0.2) is 0 Å². The Morgan fingerprint density at radius 3 is 2.40 bits per heavy atom. The van der Waals surface area contributed by atoms with Crippen molar-refractivity contribution in [2.75, 3.05) is 19.6 Å². The van der Waals surface area contributed by atoms with E-state index in [2.05, 4.69) is 10.6 Å². The van der Waals surface area contributed by atoms with E-state index in [4.69, 9.17) is 0 Å². The van der Waals surface area contributed by atoms with Gasteiger partial charge in [-0.1, -0.05) is 37.3 Å². The van der Waals surface area contributed by atoms with Crippen molar-refractivity contribution in [1.29, 1.82) is 0 Å². The van der Waals surface area contributed by atoms with Gasteiger partial charge in [-0.2, -0.15) is 0 Å². The third kappa shape index (κ3) is 5.69. The van der Waals surface area contributed by atoms with E-state index in [-0.39, 0.29) is 36.2 Å². The lowest BCUT2D eigenvalue weighted by Gasteiger charge is -2.34. The number of aryl methyl sites for hydroxylation is 1. The first-order valence-electron chi connectivity index (χ1n) is 10.5. The summed E-state index contributed by atoms with van der Waals surface area (Å²) in [6.45, 7) is 5.20. The maximum atomic E-state index is 13.0. The van der Waals surface area contributed by atoms with Gasteiger partial charge >= 0.3 is 0 Å². The van der Waals surface area contributed by atoms with Crippen molar-refractivity contribution in [3.63, 3.8) is 0 Å². The molecule has 1 unspecified atom stereocenters. The molecule has 30 heavy (non-hydrogen) atoms. The van der Waals surface area contributed by atoms with Gasteiger partial charge in [-0.3, -0.25) is 14.4 Å². The summed E-state index contributed by atoms with van der Waals surface area (Å²) in [4.78, 5) is 40.8. The molecule has 2 aromatic rings. The first-order chi connectivity index (χ1) is 14.5. The number of rotatable bonds is 7. The topological polar surface area (TPSA) is 78.5 Å². The Morgan fingerprint density at radius 1 is 1.10 bits per heavy atom. The van der Waals surface area contributed by atoms with Crippen LogP contribution in [0.1, 0.15) is 52.2 Å². The number of amides is 3. The van der Waals surface area contributed by atoms with Crippen LogP contribution in [-0.2, 0) is 9.59 Å². The van der Waals surface area contributed by atoms with Crippen molar-refractivity contribution in [3.05, 3.63) is 57.8 Å². The fourth-order valence-corrected chi connectivity index (χ4v) is 4.57. The van der Waals surface area contributed by atoms with Gasteiger partial charge < -0.3 is 15.5 Å². The van der Waals surface area contributed by atoms with Gasteiger partial charge in [0, 0.05) is 24.0 Å². The molecule has 3 amide bonds. The fourth-order valence-electron chi connectivity index (χ4n) is 3.79. The van der Waals surface area contributed by atoms with Crippen molar-refractivity contribution in [2.24, 2.45) is 0 Å². The van der Waals surface area contributed by atoms with Crippen molar-refractivity contribution < 1.29 is 14.4 Å². The molecule has 1 aliphatic heterocycles. The lowest BCUT2D eigenvalue weighted by molar-refractivity contribution is -0.134. The summed E-state index contributed by atoms with van der Waals surface area (Å²) < 4.78 is 0. The highest BCUT2D eigenvalue weighted by Crippen LogP contribution is 2.24. The van der Waals surface area contributed by atoms with E-state index >= 15 is 0 Å². The molecule has 1 atom stereocenters. The molecule has 1 saturated heterocycles. The molecule has 0 bridgehead atoms. The van der Waals surface area contributed by atoms with Crippen LogP contribution >= 0.6 is 11.3 Å². The minimum Gasteiger partial charge on any atom is -0.352 e. The summed E-state index contributed by atoms with van der Waals surface area (Å²) in [5.74, 6) is -0.382. The SMILES string of the molecule is CCC(C(=O)N1CCC(NC(=O)CNC(=O)c2ccc(C)s2)CC1)c1ccccc1. The molecule has 0 radical (unpaired) electrons. The summed E-state index contributed by atoms with van der Waals surface area (Å²) in [5, 5.41) is 5.64. The third-order valence-electron chi connectivity index (χ3n) is 5.45. The van der Waals surface area contributed by atoms with E-state index < -0.39 is 0 Å². The second-order valence-electron chi connectivity index (χ2n) is 7.63. The average molecular weight is 428 g/mol. The quantitative estimate of drug-likeness (QED) is 0.713. The Morgan fingerprint density at radius 2 is 1.80 bits per heavy atom. The molecule has 1 fully saturated rings. The molecular formula is C23H29N3O3S. The second kappa shape index (κ2) is 10.4. The number of hydrogen-bond donors (Lipinski definition) is 2. The maximum Gasteiger partial charge on any atom is 0.261 e. The number of carbonyl (C=O) groups is 3. The fraction of sp³-hybridized carbons (Fsp3) is 0.435. The molecule has 0 aliphatic carbocycles. The van der Waals surface area contributed by atoms with Gasteiger partial charge in [0.05, 0.1) is 17.3 Å². The minimum atomic E-state index is -0.227. The van der Waals surface area contributed by atoms with Crippen molar-refractivity contribution in [3.8, 4) is 0 Å². The van der Waals surface area contributed by atoms with Crippen LogP contribution < -0.4 is 10.6 Å². The number of nitrogens with one attached hydrogen (secondary N) is 2. The summed E-state index contributed by atoms with van der Waals surface area (Å²) in [7, 11) is 0. The van der Waals surface area contributed by atoms with Gasteiger partial charge in [0.25, 0.3) is 5.91 Å². The standard InChI is InChI=1S/C23H29N3O3S/c1-3-19(17-7-5-4-6-8-17)23(29)26-13-11-18(12-14-26)25-21(27)15-24-22(28)20-10-9-16(2)30-20/h4-10,18-19H,3,11-15H2,1-2H3,(H,24,28)(H,25,27). The van der Waals surface area contributed by atoms with E-state index in [0.29, 0.717) is 18.0 Å². The zero-order valence-corrected chi connectivity index (χ0v) is 18.3. The van der Waals surface area contributed by atoms with Crippen LogP contribution in [0.15, 0.2) is 42.5 Å². The van der Waals surface area contributed by atoms with Crippen LogP contribution in [0.4, 0.5) is 0 Å². The summed E-state index contributed by atoms with van der Waals surface area (Å²) in [5.41, 5.74) is 1.05. The van der Waals surface area contributed by atoms with Crippen molar-refractivity contribution in [2.45, 2.75) is 45.1 Å². The van der Waals surface area contributed by atoms with Gasteiger partial charge in [0.2, 0.25) is 11.8 Å². The number of benzene rings is 1.